The van der Waals surface area contributed by atoms with Crippen molar-refractivity contribution in [3.63, 3.8) is 0 Å². The molecule has 0 N–H and O–H groups in total. The van der Waals surface area contributed by atoms with Gasteiger partial charge in [0.1, 0.15) is 0 Å². The molecule has 3 aliphatic heterocycles. The zero-order valence-electron chi connectivity index (χ0n) is 52.6. The van der Waals surface area contributed by atoms with Crippen LogP contribution < -0.4 is 31.1 Å². The number of hydrogen-bond donors (Lipinski definition) is 0. The fourth-order valence-corrected chi connectivity index (χ4v) is 15.9. The van der Waals surface area contributed by atoms with Crippen LogP contribution in [-0.2, 0) is 44.4 Å². The predicted octanol–water partition coefficient (Wildman–Crippen LogP) is 19.6. The Kier molecular flexibility index (Phi) is 12.0. The zero-order chi connectivity index (χ0) is 58.8. The first-order valence-corrected chi connectivity index (χ1v) is 31.3. The second kappa shape index (κ2) is 18.5. The molecule has 0 bridgehead atoms. The Bertz CT molecular complexity index is 4130. The second-order valence-corrected chi connectivity index (χ2v) is 30.4. The van der Waals surface area contributed by atoms with Crippen molar-refractivity contribution >= 4 is 68.6 Å². The van der Waals surface area contributed by atoms with E-state index in [1.54, 1.807) is 0 Å². The molecule has 3 heterocycles. The first-order valence-electron chi connectivity index (χ1n) is 31.3. The van der Waals surface area contributed by atoms with Crippen molar-refractivity contribution in [3.8, 4) is 22.3 Å². The standard InChI is InChI=1S/C80H84BN3/c1-74(2,3)55-31-35-58(36-32-55)82-69-39-34-57(76(7,8)9)46-65(69)81-66-49-62-63(78(12,13)43-42-77(62,10)11)50-70(66)83(67-38-33-56(75(4,5)6)45-60(67)52-26-20-17-21-27-52)72-48-59(47-71(82)73(72)81)84-68-37-30-54(51-24-18-16-19-25-51)44-64(68)79(14)41-40-53-28-22-23-29-61(53)80(79,84)15/h16-39,44-50H,40-43H2,1-15H3. The first-order chi connectivity index (χ1) is 39.8. The summed E-state index contributed by atoms with van der Waals surface area (Å²) in [7, 11) is 0. The van der Waals surface area contributed by atoms with E-state index >= 15 is 0 Å². The number of rotatable bonds is 5. The van der Waals surface area contributed by atoms with Crippen molar-refractivity contribution in [1.82, 2.24) is 0 Å². The number of aryl methyl sites for hydroxylation is 1. The number of benzene rings is 9. The van der Waals surface area contributed by atoms with Crippen molar-refractivity contribution in [1.29, 1.82) is 0 Å². The van der Waals surface area contributed by atoms with E-state index in [1.807, 2.05) is 0 Å². The second-order valence-electron chi connectivity index (χ2n) is 30.4. The van der Waals surface area contributed by atoms with Gasteiger partial charge < -0.3 is 14.7 Å². The summed E-state index contributed by atoms with van der Waals surface area (Å²) in [6, 6.07) is 74.2. The van der Waals surface area contributed by atoms with E-state index in [0.29, 0.717) is 0 Å². The smallest absolute Gasteiger partial charge is 0.252 e. The number of anilines is 8. The molecule has 2 atom stereocenters. The normalized spacial score (nSPS) is 19.8. The summed E-state index contributed by atoms with van der Waals surface area (Å²) >= 11 is 0. The molecule has 84 heavy (non-hydrogen) atoms. The van der Waals surface area contributed by atoms with Gasteiger partial charge in [-0.3, -0.25) is 0 Å². The fraction of sp³-hybridized carbons (Fsp3) is 0.325. The monoisotopic (exact) mass is 1100 g/mol. The van der Waals surface area contributed by atoms with Gasteiger partial charge in [-0.15, -0.1) is 0 Å². The summed E-state index contributed by atoms with van der Waals surface area (Å²) in [4.78, 5) is 8.23. The minimum Gasteiger partial charge on any atom is -0.330 e. The van der Waals surface area contributed by atoms with Gasteiger partial charge >= 0.3 is 0 Å². The van der Waals surface area contributed by atoms with Crippen molar-refractivity contribution in [2.45, 2.75) is 168 Å². The Morgan fingerprint density at radius 2 is 0.905 bits per heavy atom. The average molecular weight is 1100 g/mol. The maximum atomic E-state index is 2.81. The SMILES string of the molecule is CC(C)(C)c1ccc(N2c3ccc(C(C)(C)C)cc3B3c4cc5c(cc4N(c4ccc(C(C)(C)C)cc4-c4ccccc4)c4cc(N6c7ccc(-c8ccccc8)cc7C7(C)CCc8ccccc8C67C)cc2c43)C(C)(C)CCC5(C)C)cc1. The van der Waals surface area contributed by atoms with E-state index in [-0.39, 0.29) is 39.2 Å². The van der Waals surface area contributed by atoms with Gasteiger partial charge in [-0.05, 0) is 198 Å². The maximum Gasteiger partial charge on any atom is 0.252 e. The van der Waals surface area contributed by atoms with E-state index in [2.05, 4.69) is 307 Å². The molecule has 2 aliphatic carbocycles. The minimum atomic E-state index is -0.455. The van der Waals surface area contributed by atoms with E-state index in [4.69, 9.17) is 0 Å². The van der Waals surface area contributed by atoms with Crippen LogP contribution in [0.4, 0.5) is 45.5 Å². The molecule has 14 rings (SSSR count). The highest BCUT2D eigenvalue weighted by Crippen LogP contribution is 2.65. The summed E-state index contributed by atoms with van der Waals surface area (Å²) < 4.78 is 0. The van der Waals surface area contributed by atoms with Crippen molar-refractivity contribution in [3.05, 3.63) is 233 Å². The average Bonchev–Trinajstić information content (AvgIpc) is 1.29. The van der Waals surface area contributed by atoms with Crippen LogP contribution in [0.25, 0.3) is 22.3 Å². The molecular weight excluding hydrogens is 1010 g/mol. The summed E-state index contributed by atoms with van der Waals surface area (Å²) in [5.41, 5.74) is 29.3. The van der Waals surface area contributed by atoms with Crippen LogP contribution in [0.5, 0.6) is 0 Å². The van der Waals surface area contributed by atoms with E-state index in [9.17, 15) is 0 Å². The summed E-state index contributed by atoms with van der Waals surface area (Å²) in [5, 5.41) is 0. The molecule has 4 heteroatoms. The number of fused-ring (bicyclic) bond motifs is 10. The molecule has 5 aliphatic rings. The zero-order valence-corrected chi connectivity index (χ0v) is 52.6. The molecule has 0 saturated heterocycles. The van der Waals surface area contributed by atoms with Gasteiger partial charge in [0.25, 0.3) is 6.71 Å². The van der Waals surface area contributed by atoms with Crippen LogP contribution in [0, 0.1) is 0 Å². The molecule has 9 aromatic rings. The molecular formula is C80H84BN3. The lowest BCUT2D eigenvalue weighted by molar-refractivity contribution is 0.245. The van der Waals surface area contributed by atoms with Gasteiger partial charge in [0, 0.05) is 50.8 Å². The predicted molar refractivity (Wildman–Crippen MR) is 361 cm³/mol. The quantitative estimate of drug-likeness (QED) is 0.159. The fourth-order valence-electron chi connectivity index (χ4n) is 15.9. The third-order valence-electron chi connectivity index (χ3n) is 21.2. The highest BCUT2D eigenvalue weighted by molar-refractivity contribution is 7.00. The maximum absolute atomic E-state index is 2.81. The Morgan fingerprint density at radius 3 is 1.55 bits per heavy atom. The molecule has 0 aromatic heterocycles. The van der Waals surface area contributed by atoms with Crippen LogP contribution in [0.3, 0.4) is 0 Å². The van der Waals surface area contributed by atoms with E-state index in [1.165, 1.54) is 129 Å². The van der Waals surface area contributed by atoms with Crippen LogP contribution >= 0.6 is 0 Å². The largest absolute Gasteiger partial charge is 0.330 e. The highest BCUT2D eigenvalue weighted by atomic mass is 15.3. The highest BCUT2D eigenvalue weighted by Gasteiger charge is 2.60. The molecule has 0 saturated carbocycles. The Balaban J connectivity index is 1.16. The molecule has 422 valence electrons. The lowest BCUT2D eigenvalue weighted by atomic mass is 9.33. The first kappa shape index (κ1) is 54.4. The summed E-state index contributed by atoms with van der Waals surface area (Å²) in [6.45, 7) is 36.3. The van der Waals surface area contributed by atoms with Crippen LogP contribution in [0.15, 0.2) is 188 Å². The van der Waals surface area contributed by atoms with Crippen LogP contribution in [0.1, 0.15) is 168 Å². The number of nitrogens with zero attached hydrogens (tertiary/aromatic N) is 3. The third-order valence-corrected chi connectivity index (χ3v) is 21.2. The summed E-state index contributed by atoms with van der Waals surface area (Å²) in [6.07, 6.45) is 4.35. The molecule has 0 spiro atoms. The Labute approximate surface area is 502 Å². The Morgan fingerprint density at radius 1 is 0.369 bits per heavy atom. The van der Waals surface area contributed by atoms with Gasteiger partial charge in [-0.2, -0.15) is 0 Å². The lowest BCUT2D eigenvalue weighted by Crippen LogP contribution is -2.62. The van der Waals surface area contributed by atoms with Crippen molar-refractivity contribution in [2.24, 2.45) is 0 Å². The molecule has 0 amide bonds. The Hall–Kier alpha value is -7.56. The van der Waals surface area contributed by atoms with E-state index in [0.717, 1.165) is 25.7 Å². The molecule has 2 unspecified atom stereocenters. The molecule has 0 radical (unpaired) electrons. The van der Waals surface area contributed by atoms with Gasteiger partial charge in [0.05, 0.1) is 11.2 Å². The van der Waals surface area contributed by atoms with Gasteiger partial charge in [-0.25, -0.2) is 0 Å². The molecule has 9 aromatic carbocycles. The lowest BCUT2D eigenvalue weighted by Gasteiger charge is -2.52. The van der Waals surface area contributed by atoms with E-state index < -0.39 is 5.54 Å². The summed E-state index contributed by atoms with van der Waals surface area (Å²) in [5.74, 6) is 0. The van der Waals surface area contributed by atoms with Gasteiger partial charge in [0.2, 0.25) is 0 Å². The van der Waals surface area contributed by atoms with Crippen molar-refractivity contribution in [2.75, 3.05) is 14.7 Å². The van der Waals surface area contributed by atoms with Crippen molar-refractivity contribution < 1.29 is 0 Å². The third kappa shape index (κ3) is 8.12. The van der Waals surface area contributed by atoms with Gasteiger partial charge in [0.15, 0.2) is 0 Å². The van der Waals surface area contributed by atoms with Crippen LogP contribution in [-0.4, -0.2) is 6.71 Å². The van der Waals surface area contributed by atoms with Gasteiger partial charge in [-0.1, -0.05) is 224 Å². The van der Waals surface area contributed by atoms with Crippen LogP contribution in [0.2, 0.25) is 0 Å². The topological polar surface area (TPSA) is 9.72 Å². The number of hydrogen-bond acceptors (Lipinski definition) is 3. The molecule has 3 nitrogen and oxygen atoms in total. The minimum absolute atomic E-state index is 0.00326. The molecule has 0 fully saturated rings.